The lowest BCUT2D eigenvalue weighted by Crippen LogP contribution is -2.67. The second-order valence-electron chi connectivity index (χ2n) is 15.3. The molecule has 7 rings (SSSR count). The van der Waals surface area contributed by atoms with Crippen molar-refractivity contribution in [2.75, 3.05) is 0 Å². The van der Waals surface area contributed by atoms with Crippen molar-refractivity contribution in [3.8, 4) is 0 Å². The molecule has 45 heavy (non-hydrogen) atoms. The standard InChI is InChI=1S/C32H39NO12/c1-14-22(35)41-20-19(43-26(38)33-28(5,6)7)30-18-16(34)17(27(2,3)4)29(30)21(40-13-15-11-9-8-10-12-15)23(36)44-25(29)45-32(30,24(37)42-18)31(14,20)39/h8-12,14,16-21,25,34,39H,13H2,1-7H3,(H,33,38)/t14-,16-,17+,18?,19+,20?,21+,25?,29?,30?,31-,32?/m1/s1. The van der Waals surface area contributed by atoms with Crippen molar-refractivity contribution in [2.24, 2.45) is 28.1 Å². The minimum atomic E-state index is -2.45. The maximum Gasteiger partial charge on any atom is 0.407 e. The van der Waals surface area contributed by atoms with E-state index in [0.29, 0.717) is 0 Å². The van der Waals surface area contributed by atoms with Crippen LogP contribution in [0.5, 0.6) is 0 Å². The number of benzene rings is 1. The number of rotatable bonds is 4. The summed E-state index contributed by atoms with van der Waals surface area (Å²) < 4.78 is 36.6. The molecule has 13 nitrogen and oxygen atoms in total. The highest BCUT2D eigenvalue weighted by atomic mass is 16.8. The third kappa shape index (κ3) is 3.27. The summed E-state index contributed by atoms with van der Waals surface area (Å²) in [6, 6.07) is 9.08. The van der Waals surface area contributed by atoms with Crippen LogP contribution in [-0.2, 0) is 49.4 Å². The average Bonchev–Trinajstić information content (AvgIpc) is 3.62. The molecule has 2 aliphatic carbocycles. The molecule has 1 aromatic carbocycles. The minimum Gasteiger partial charge on any atom is -0.456 e. The van der Waals surface area contributed by atoms with Crippen molar-refractivity contribution in [3.05, 3.63) is 35.9 Å². The number of amides is 1. The molecule has 1 aromatic rings. The van der Waals surface area contributed by atoms with Gasteiger partial charge in [0.05, 0.1) is 24.0 Å². The lowest BCUT2D eigenvalue weighted by Gasteiger charge is -2.48. The molecular formula is C32H39NO12. The fraction of sp³-hybridized carbons (Fsp3) is 0.688. The van der Waals surface area contributed by atoms with Crippen molar-refractivity contribution in [1.82, 2.24) is 5.32 Å². The van der Waals surface area contributed by atoms with Gasteiger partial charge < -0.3 is 44.0 Å². The molecular weight excluding hydrogens is 590 g/mol. The molecule has 0 aromatic heterocycles. The SMILES string of the molecule is C[C@@H]1C(=O)OC2[C@H](OC(=O)NC(C)(C)C)C34C5OC(=O)C3(OC3OC(=O)[C@H](OCc6ccccc6)C34[C@H](C(C)(C)C)[C@H]5O)[C@]21O. The fourth-order valence-corrected chi connectivity index (χ4v) is 9.77. The van der Waals surface area contributed by atoms with E-state index in [1.54, 1.807) is 20.8 Å². The summed E-state index contributed by atoms with van der Waals surface area (Å²) in [6.45, 7) is 12.1. The number of aliphatic hydroxyl groups is 2. The van der Waals surface area contributed by atoms with Crippen LogP contribution in [0.2, 0.25) is 0 Å². The lowest BCUT2D eigenvalue weighted by atomic mass is 9.50. The highest BCUT2D eigenvalue weighted by molar-refractivity contribution is 5.94. The molecule has 3 N–H and O–H groups in total. The Morgan fingerprint density at radius 2 is 1.64 bits per heavy atom. The second-order valence-corrected chi connectivity index (χ2v) is 15.3. The predicted molar refractivity (Wildman–Crippen MR) is 150 cm³/mol. The molecule has 13 heteroatoms. The molecule has 4 saturated heterocycles. The minimum absolute atomic E-state index is 0.0558. The zero-order valence-electron chi connectivity index (χ0n) is 26.2. The van der Waals surface area contributed by atoms with Crippen LogP contribution >= 0.6 is 0 Å². The van der Waals surface area contributed by atoms with E-state index in [4.69, 9.17) is 28.4 Å². The highest BCUT2D eigenvalue weighted by Crippen LogP contribution is 2.85. The van der Waals surface area contributed by atoms with Crippen LogP contribution in [0.15, 0.2) is 30.3 Å². The Labute approximate surface area is 259 Å². The van der Waals surface area contributed by atoms with E-state index >= 15 is 0 Å². The molecule has 2 saturated carbocycles. The number of hydrogen-bond acceptors (Lipinski definition) is 12. The van der Waals surface area contributed by atoms with Crippen molar-refractivity contribution in [1.29, 1.82) is 0 Å². The van der Waals surface area contributed by atoms with Crippen LogP contribution in [0.25, 0.3) is 0 Å². The molecule has 2 spiro atoms. The zero-order valence-corrected chi connectivity index (χ0v) is 26.2. The van der Waals surface area contributed by atoms with Gasteiger partial charge in [0, 0.05) is 11.5 Å². The normalized spacial score (nSPS) is 45.8. The van der Waals surface area contributed by atoms with E-state index in [1.165, 1.54) is 6.92 Å². The number of ether oxygens (including phenoxy) is 6. The molecule has 244 valence electrons. The summed E-state index contributed by atoms with van der Waals surface area (Å²) in [5.74, 6) is -5.03. The van der Waals surface area contributed by atoms with Gasteiger partial charge in [-0.15, -0.1) is 0 Å². The summed E-state index contributed by atoms with van der Waals surface area (Å²) >= 11 is 0. The van der Waals surface area contributed by atoms with Crippen LogP contribution in [0.1, 0.15) is 54.0 Å². The van der Waals surface area contributed by atoms with E-state index in [0.717, 1.165) is 5.56 Å². The first-order chi connectivity index (χ1) is 20.9. The summed E-state index contributed by atoms with van der Waals surface area (Å²) in [4.78, 5) is 54.8. The monoisotopic (exact) mass is 629 g/mol. The number of hydrogen-bond donors (Lipinski definition) is 3. The van der Waals surface area contributed by atoms with Gasteiger partial charge in [0.1, 0.15) is 11.5 Å². The van der Waals surface area contributed by atoms with E-state index in [9.17, 15) is 29.4 Å². The van der Waals surface area contributed by atoms with Crippen molar-refractivity contribution in [3.63, 3.8) is 0 Å². The number of carbonyl (C=O) groups excluding carboxylic acids is 4. The van der Waals surface area contributed by atoms with Gasteiger partial charge in [0.15, 0.2) is 23.9 Å². The molecule has 4 heterocycles. The Morgan fingerprint density at radius 3 is 2.27 bits per heavy atom. The number of carbonyl (C=O) groups is 4. The Bertz CT molecular complexity index is 1480. The summed E-state index contributed by atoms with van der Waals surface area (Å²) in [5, 5.41) is 27.6. The third-order valence-electron chi connectivity index (χ3n) is 10.9. The van der Waals surface area contributed by atoms with Crippen LogP contribution in [0, 0.1) is 28.1 Å². The highest BCUT2D eigenvalue weighted by Gasteiger charge is 3.06. The molecule has 6 unspecified atom stereocenters. The fourth-order valence-electron chi connectivity index (χ4n) is 9.77. The number of esters is 3. The molecule has 1 amide bonds. The van der Waals surface area contributed by atoms with Gasteiger partial charge >= 0.3 is 24.0 Å². The van der Waals surface area contributed by atoms with Gasteiger partial charge in [-0.1, -0.05) is 51.1 Å². The van der Waals surface area contributed by atoms with E-state index in [2.05, 4.69) is 5.32 Å². The Hall–Kier alpha value is -3.26. The maximum absolute atomic E-state index is 14.3. The Morgan fingerprint density at radius 1 is 0.978 bits per heavy atom. The first-order valence-electron chi connectivity index (χ1n) is 15.3. The second kappa shape index (κ2) is 8.96. The van der Waals surface area contributed by atoms with Gasteiger partial charge in [0.2, 0.25) is 11.9 Å². The van der Waals surface area contributed by atoms with Crippen LogP contribution in [0.4, 0.5) is 4.79 Å². The molecule has 4 aliphatic heterocycles. The van der Waals surface area contributed by atoms with E-state index < -0.39 is 106 Å². The van der Waals surface area contributed by atoms with E-state index in [1.807, 2.05) is 51.1 Å². The smallest absolute Gasteiger partial charge is 0.407 e. The van der Waals surface area contributed by atoms with Gasteiger partial charge in [-0.2, -0.15) is 0 Å². The largest absolute Gasteiger partial charge is 0.456 e. The Balaban J connectivity index is 1.50. The van der Waals surface area contributed by atoms with Crippen molar-refractivity contribution in [2.45, 2.75) is 109 Å². The van der Waals surface area contributed by atoms with Crippen LogP contribution < -0.4 is 5.32 Å². The Kier molecular flexibility index (Phi) is 6.05. The third-order valence-corrected chi connectivity index (χ3v) is 10.9. The molecule has 6 fully saturated rings. The average molecular weight is 630 g/mol. The van der Waals surface area contributed by atoms with Gasteiger partial charge in [-0.3, -0.25) is 4.79 Å². The molecule has 0 bridgehead atoms. The molecule has 6 aliphatic rings. The van der Waals surface area contributed by atoms with Gasteiger partial charge in [0.25, 0.3) is 0 Å². The van der Waals surface area contributed by atoms with E-state index in [-0.39, 0.29) is 6.61 Å². The maximum atomic E-state index is 14.3. The molecule has 0 radical (unpaired) electrons. The lowest BCUT2D eigenvalue weighted by molar-refractivity contribution is -0.240. The van der Waals surface area contributed by atoms with Crippen molar-refractivity contribution < 1.29 is 57.8 Å². The first-order valence-corrected chi connectivity index (χ1v) is 15.3. The predicted octanol–water partition coefficient (Wildman–Crippen LogP) is 1.36. The number of fused-ring (bicyclic) bond motifs is 1. The first kappa shape index (κ1) is 30.4. The van der Waals surface area contributed by atoms with Crippen molar-refractivity contribution >= 4 is 24.0 Å². The summed E-state index contributed by atoms with van der Waals surface area (Å²) in [6.07, 6.45) is -10.1. The number of alkyl carbamates (subject to hydrolysis) is 1. The van der Waals surface area contributed by atoms with Gasteiger partial charge in [-0.25, -0.2) is 14.4 Å². The summed E-state index contributed by atoms with van der Waals surface area (Å²) in [5.41, 5.74) is -9.53. The quantitative estimate of drug-likeness (QED) is 0.323. The zero-order chi connectivity index (χ0) is 32.7. The topological polar surface area (TPSA) is 176 Å². The van der Waals surface area contributed by atoms with Crippen LogP contribution in [-0.4, -0.2) is 87.8 Å². The van der Waals surface area contributed by atoms with Gasteiger partial charge in [-0.05, 0) is 38.7 Å². The molecule has 12 atom stereocenters. The number of nitrogens with one attached hydrogen (secondary N) is 1. The summed E-state index contributed by atoms with van der Waals surface area (Å²) in [7, 11) is 0. The van der Waals surface area contributed by atoms with Crippen LogP contribution in [0.3, 0.4) is 0 Å². The number of aliphatic hydroxyl groups excluding tert-OH is 1.